The van der Waals surface area contributed by atoms with Crippen LogP contribution in [0, 0.1) is 13.8 Å². The molecule has 0 atom stereocenters. The maximum Gasteiger partial charge on any atom is 0.251 e. The molecule has 1 fully saturated rings. The second kappa shape index (κ2) is 10.6. The van der Waals surface area contributed by atoms with Gasteiger partial charge in [0.05, 0.1) is 23.9 Å². The summed E-state index contributed by atoms with van der Waals surface area (Å²) in [6, 6.07) is 15.9. The summed E-state index contributed by atoms with van der Waals surface area (Å²) in [5, 5.41) is 12.7. The highest BCUT2D eigenvalue weighted by Gasteiger charge is 2.25. The Morgan fingerprint density at radius 3 is 2.38 bits per heavy atom. The van der Waals surface area contributed by atoms with Crippen molar-refractivity contribution in [3.8, 4) is 11.4 Å². The van der Waals surface area contributed by atoms with E-state index in [9.17, 15) is 4.79 Å². The van der Waals surface area contributed by atoms with Gasteiger partial charge in [0.2, 0.25) is 0 Å². The van der Waals surface area contributed by atoms with E-state index in [1.54, 1.807) is 19.2 Å². The maximum atomic E-state index is 12.7. The van der Waals surface area contributed by atoms with Crippen LogP contribution in [-0.4, -0.2) is 44.8 Å². The number of para-hydroxylation sites is 1. The Morgan fingerprint density at radius 2 is 1.70 bits per heavy atom. The lowest BCUT2D eigenvalue weighted by molar-refractivity contribution is 0.0926. The lowest BCUT2D eigenvalue weighted by atomic mass is 9.91. The van der Waals surface area contributed by atoms with E-state index in [2.05, 4.69) is 36.6 Å². The second-order valence-electron chi connectivity index (χ2n) is 9.72. The Balaban J connectivity index is 1.31. The summed E-state index contributed by atoms with van der Waals surface area (Å²) in [6.45, 7) is 6.18. The van der Waals surface area contributed by atoms with Gasteiger partial charge in [-0.05, 0) is 75.4 Å². The Hall–Kier alpha value is -3.94. The van der Waals surface area contributed by atoms with Gasteiger partial charge in [-0.15, -0.1) is 0 Å². The van der Waals surface area contributed by atoms with Crippen molar-refractivity contribution in [2.45, 2.75) is 65.0 Å². The molecular weight excluding hydrogens is 464 g/mol. The minimum atomic E-state index is -0.0385. The van der Waals surface area contributed by atoms with Crippen LogP contribution >= 0.6 is 0 Å². The number of rotatable bonds is 7. The van der Waals surface area contributed by atoms with E-state index in [1.807, 2.05) is 35.9 Å². The Morgan fingerprint density at radius 1 is 1.00 bits per heavy atom. The van der Waals surface area contributed by atoms with E-state index < -0.39 is 0 Å². The molecule has 5 rings (SSSR count). The predicted octanol–water partition coefficient (Wildman–Crippen LogP) is 5.16. The van der Waals surface area contributed by atoms with Gasteiger partial charge in [0.15, 0.2) is 5.65 Å². The van der Waals surface area contributed by atoms with Crippen molar-refractivity contribution in [2.24, 2.45) is 0 Å². The van der Waals surface area contributed by atoms with Crippen LogP contribution in [0.5, 0.6) is 5.75 Å². The quantitative estimate of drug-likeness (QED) is 0.366. The van der Waals surface area contributed by atoms with Crippen LogP contribution in [-0.2, 0) is 6.42 Å². The lowest BCUT2D eigenvalue weighted by Crippen LogP contribution is -2.40. The smallest absolute Gasteiger partial charge is 0.251 e. The highest BCUT2D eigenvalue weighted by molar-refractivity contribution is 5.94. The molecule has 2 aromatic carbocycles. The molecule has 2 heterocycles. The molecule has 1 aliphatic carbocycles. The minimum absolute atomic E-state index is 0.0385. The van der Waals surface area contributed by atoms with E-state index in [0.29, 0.717) is 5.56 Å². The number of hydrogen-bond donors (Lipinski definition) is 2. The van der Waals surface area contributed by atoms with Crippen molar-refractivity contribution in [1.82, 2.24) is 25.1 Å². The first-order chi connectivity index (χ1) is 18.0. The van der Waals surface area contributed by atoms with Crippen molar-refractivity contribution >= 4 is 22.8 Å². The fourth-order valence-electron chi connectivity index (χ4n) is 5.05. The molecule has 192 valence electrons. The number of nitrogens with zero attached hydrogens (tertiary/aromatic N) is 4. The summed E-state index contributed by atoms with van der Waals surface area (Å²) in [6.07, 6.45) is 4.47. The monoisotopic (exact) mass is 498 g/mol. The molecule has 1 saturated carbocycles. The third-order valence-electron chi connectivity index (χ3n) is 7.16. The number of aryl methyl sites for hydroxylation is 3. The molecule has 2 N–H and O–H groups in total. The van der Waals surface area contributed by atoms with Gasteiger partial charge in [-0.3, -0.25) is 4.79 Å². The fraction of sp³-hybridized carbons (Fsp3) is 0.379. The highest BCUT2D eigenvalue weighted by Crippen LogP contribution is 2.30. The number of amides is 1. The van der Waals surface area contributed by atoms with Gasteiger partial charge >= 0.3 is 0 Å². The lowest BCUT2D eigenvalue weighted by Gasteiger charge is -2.30. The van der Waals surface area contributed by atoms with Crippen molar-refractivity contribution in [1.29, 1.82) is 0 Å². The summed E-state index contributed by atoms with van der Waals surface area (Å²) >= 11 is 0. The number of carbonyl (C=O) groups excluding carboxylic acids is 1. The number of aromatic nitrogens is 4. The van der Waals surface area contributed by atoms with Crippen LogP contribution in [0.25, 0.3) is 16.7 Å². The number of fused-ring (bicyclic) bond motifs is 1. The van der Waals surface area contributed by atoms with E-state index in [-0.39, 0.29) is 18.0 Å². The Bertz CT molecular complexity index is 1400. The minimum Gasteiger partial charge on any atom is -0.497 e. The molecule has 37 heavy (non-hydrogen) atoms. The zero-order valence-corrected chi connectivity index (χ0v) is 21.9. The van der Waals surface area contributed by atoms with Gasteiger partial charge in [0.25, 0.3) is 5.91 Å². The average molecular weight is 499 g/mol. The van der Waals surface area contributed by atoms with Gasteiger partial charge in [-0.2, -0.15) is 5.10 Å². The number of methoxy groups -OCH3 is 1. The molecule has 1 amide bonds. The first kappa shape index (κ1) is 24.7. The molecule has 0 bridgehead atoms. The van der Waals surface area contributed by atoms with Gasteiger partial charge in [0.1, 0.15) is 17.4 Å². The maximum absolute atomic E-state index is 12.7. The molecule has 8 heteroatoms. The van der Waals surface area contributed by atoms with Crippen LogP contribution in [0.4, 0.5) is 5.82 Å². The molecule has 0 saturated heterocycles. The number of benzene rings is 2. The van der Waals surface area contributed by atoms with Crippen molar-refractivity contribution in [3.05, 3.63) is 71.2 Å². The second-order valence-corrected chi connectivity index (χ2v) is 9.72. The van der Waals surface area contributed by atoms with Crippen molar-refractivity contribution in [2.75, 3.05) is 12.4 Å². The van der Waals surface area contributed by atoms with Gasteiger partial charge < -0.3 is 15.4 Å². The molecule has 0 aliphatic heterocycles. The van der Waals surface area contributed by atoms with E-state index in [0.717, 1.165) is 77.5 Å². The summed E-state index contributed by atoms with van der Waals surface area (Å²) in [4.78, 5) is 22.4. The van der Waals surface area contributed by atoms with Crippen LogP contribution in [0.1, 0.15) is 60.0 Å². The molecular formula is C29H34N6O2. The molecule has 2 aromatic heterocycles. The molecule has 0 unspecified atom stereocenters. The first-order valence-corrected chi connectivity index (χ1v) is 13.0. The zero-order valence-electron chi connectivity index (χ0n) is 21.9. The molecule has 4 aromatic rings. The number of hydrogen-bond acceptors (Lipinski definition) is 6. The van der Waals surface area contributed by atoms with E-state index >= 15 is 0 Å². The van der Waals surface area contributed by atoms with Crippen LogP contribution in [0.15, 0.2) is 48.5 Å². The summed E-state index contributed by atoms with van der Waals surface area (Å²) in [7, 11) is 1.62. The predicted molar refractivity (Wildman–Crippen MR) is 146 cm³/mol. The zero-order chi connectivity index (χ0) is 25.9. The largest absolute Gasteiger partial charge is 0.497 e. The topological polar surface area (TPSA) is 94.0 Å². The fourth-order valence-corrected chi connectivity index (χ4v) is 5.05. The van der Waals surface area contributed by atoms with Crippen LogP contribution in [0.3, 0.4) is 0 Å². The van der Waals surface area contributed by atoms with Crippen molar-refractivity contribution < 1.29 is 9.53 Å². The summed E-state index contributed by atoms with van der Waals surface area (Å²) in [5.74, 6) is 2.35. The summed E-state index contributed by atoms with van der Waals surface area (Å²) in [5.41, 5.74) is 4.57. The third-order valence-corrected chi connectivity index (χ3v) is 7.16. The molecule has 0 spiro atoms. The number of nitrogens with one attached hydrogen (secondary N) is 2. The standard InChI is InChI=1S/C29H34N6O2/c1-5-25-32-27(26-19(3)34-35(28(26)33-25)24-9-7-6-8-18(24)2)30-21-12-14-22(15-13-21)31-29(36)20-10-16-23(37-4)17-11-20/h6-11,16-17,21-22H,5,12-15H2,1-4H3,(H,31,36)(H,30,32,33). The molecule has 0 radical (unpaired) electrons. The van der Waals surface area contributed by atoms with Gasteiger partial charge in [-0.25, -0.2) is 14.6 Å². The molecule has 8 nitrogen and oxygen atoms in total. The highest BCUT2D eigenvalue weighted by atomic mass is 16.5. The van der Waals surface area contributed by atoms with Gasteiger partial charge in [-0.1, -0.05) is 25.1 Å². The number of anilines is 1. The van der Waals surface area contributed by atoms with Gasteiger partial charge in [0, 0.05) is 24.1 Å². The Labute approximate surface area is 217 Å². The normalized spacial score (nSPS) is 17.5. The first-order valence-electron chi connectivity index (χ1n) is 13.0. The van der Waals surface area contributed by atoms with Crippen molar-refractivity contribution in [3.63, 3.8) is 0 Å². The average Bonchev–Trinajstić information content (AvgIpc) is 3.26. The summed E-state index contributed by atoms with van der Waals surface area (Å²) < 4.78 is 7.13. The third kappa shape index (κ3) is 5.14. The number of ether oxygens (including phenoxy) is 1. The van der Waals surface area contributed by atoms with Crippen LogP contribution in [0.2, 0.25) is 0 Å². The SMILES string of the molecule is CCc1nc(NC2CCC(NC(=O)c3ccc(OC)cc3)CC2)c2c(C)nn(-c3ccccc3C)c2n1. The molecule has 1 aliphatic rings. The van der Waals surface area contributed by atoms with E-state index in [1.165, 1.54) is 0 Å². The Kier molecular flexibility index (Phi) is 7.08. The number of carbonyl (C=O) groups is 1. The van der Waals surface area contributed by atoms with E-state index in [4.69, 9.17) is 19.8 Å². The van der Waals surface area contributed by atoms with Crippen LogP contribution < -0.4 is 15.4 Å².